The zero-order valence-electron chi connectivity index (χ0n) is 15.8. The molecule has 3 aliphatic rings. The Morgan fingerprint density at radius 2 is 2.04 bits per heavy atom. The molecule has 1 saturated carbocycles. The number of thiazole rings is 1. The molecular formula is C21H25N3OS. The van der Waals surface area contributed by atoms with Crippen molar-refractivity contribution in [2.24, 2.45) is 27.3 Å². The van der Waals surface area contributed by atoms with Crippen molar-refractivity contribution in [2.45, 2.75) is 33.6 Å². The summed E-state index contributed by atoms with van der Waals surface area (Å²) in [6.07, 6.45) is 6.91. The topological polar surface area (TPSA) is 38.9 Å². The lowest BCUT2D eigenvalue weighted by molar-refractivity contribution is -0.00127. The average molecular weight is 368 g/mol. The number of nitrogens with zero attached hydrogens (tertiary/aromatic N) is 3. The Balaban J connectivity index is 1.62. The number of hydrogen-bond donors (Lipinski definition) is 0. The molecule has 0 aliphatic heterocycles. The van der Waals surface area contributed by atoms with E-state index in [1.165, 1.54) is 18.4 Å². The second-order valence-electron chi connectivity index (χ2n) is 7.77. The summed E-state index contributed by atoms with van der Waals surface area (Å²) in [4.78, 5) is 5.63. The SMILES string of the molecule is COc1ccc(N=c2scc(C)n2N=CC2=CCC3CC2C3(C)C)cc1. The third-order valence-electron chi connectivity index (χ3n) is 5.98. The number of fused-ring (bicyclic) bond motifs is 1. The van der Waals surface area contributed by atoms with E-state index in [0.29, 0.717) is 11.3 Å². The van der Waals surface area contributed by atoms with Crippen molar-refractivity contribution in [2.75, 3.05) is 7.11 Å². The van der Waals surface area contributed by atoms with E-state index in [0.717, 1.165) is 27.9 Å². The summed E-state index contributed by atoms with van der Waals surface area (Å²) in [7, 11) is 1.67. The van der Waals surface area contributed by atoms with Gasteiger partial charge < -0.3 is 4.74 Å². The average Bonchev–Trinajstić information content (AvgIpc) is 3.00. The second-order valence-corrected chi connectivity index (χ2v) is 8.61. The summed E-state index contributed by atoms with van der Waals surface area (Å²) < 4.78 is 7.15. The number of methoxy groups -OCH3 is 1. The van der Waals surface area contributed by atoms with Crippen LogP contribution >= 0.6 is 11.3 Å². The highest BCUT2D eigenvalue weighted by Crippen LogP contribution is 2.58. The number of ether oxygens (including phenoxy) is 1. The Labute approximate surface area is 158 Å². The van der Waals surface area contributed by atoms with E-state index in [9.17, 15) is 0 Å². The van der Waals surface area contributed by atoms with E-state index < -0.39 is 0 Å². The van der Waals surface area contributed by atoms with E-state index in [1.54, 1.807) is 18.4 Å². The molecule has 1 aromatic heterocycles. The van der Waals surface area contributed by atoms with Gasteiger partial charge in [-0.15, -0.1) is 11.3 Å². The molecule has 4 nitrogen and oxygen atoms in total. The Morgan fingerprint density at radius 3 is 2.69 bits per heavy atom. The Hall–Kier alpha value is -2.14. The van der Waals surface area contributed by atoms with Crippen LogP contribution in [0.4, 0.5) is 5.69 Å². The van der Waals surface area contributed by atoms with Crippen LogP contribution in [-0.2, 0) is 0 Å². The summed E-state index contributed by atoms with van der Waals surface area (Å²) >= 11 is 1.61. The first-order chi connectivity index (χ1) is 12.5. The number of aryl methyl sites for hydroxylation is 1. The summed E-state index contributed by atoms with van der Waals surface area (Å²) in [5.41, 5.74) is 3.80. The highest BCUT2D eigenvalue weighted by molar-refractivity contribution is 7.07. The number of aromatic nitrogens is 1. The van der Waals surface area contributed by atoms with Crippen LogP contribution in [-0.4, -0.2) is 18.0 Å². The zero-order valence-corrected chi connectivity index (χ0v) is 16.6. The third-order valence-corrected chi connectivity index (χ3v) is 6.91. The van der Waals surface area contributed by atoms with E-state index in [-0.39, 0.29) is 0 Å². The van der Waals surface area contributed by atoms with Gasteiger partial charge in [0.05, 0.1) is 24.7 Å². The van der Waals surface area contributed by atoms with Crippen molar-refractivity contribution < 1.29 is 4.74 Å². The molecule has 0 N–H and O–H groups in total. The maximum Gasteiger partial charge on any atom is 0.211 e. The van der Waals surface area contributed by atoms with Crippen LogP contribution in [0, 0.1) is 24.2 Å². The molecular weight excluding hydrogens is 342 g/mol. The molecule has 26 heavy (non-hydrogen) atoms. The molecule has 5 heteroatoms. The van der Waals surface area contributed by atoms with E-state index in [4.69, 9.17) is 14.8 Å². The molecule has 2 bridgehead atoms. The van der Waals surface area contributed by atoms with Crippen LogP contribution < -0.4 is 9.54 Å². The lowest BCUT2D eigenvalue weighted by Gasteiger charge is -2.55. The van der Waals surface area contributed by atoms with Gasteiger partial charge in [0.15, 0.2) is 0 Å². The van der Waals surface area contributed by atoms with Crippen molar-refractivity contribution in [1.29, 1.82) is 0 Å². The van der Waals surface area contributed by atoms with Gasteiger partial charge in [0, 0.05) is 5.38 Å². The minimum Gasteiger partial charge on any atom is -0.497 e. The van der Waals surface area contributed by atoms with E-state index in [2.05, 4.69) is 38.4 Å². The predicted octanol–water partition coefficient (Wildman–Crippen LogP) is 4.93. The largest absolute Gasteiger partial charge is 0.497 e. The van der Waals surface area contributed by atoms with Gasteiger partial charge in [-0.2, -0.15) is 5.10 Å². The quantitative estimate of drug-likeness (QED) is 0.707. The van der Waals surface area contributed by atoms with Crippen molar-refractivity contribution in [3.8, 4) is 5.75 Å². The molecule has 0 radical (unpaired) electrons. The summed E-state index contributed by atoms with van der Waals surface area (Å²) in [5, 5.41) is 6.87. The maximum atomic E-state index is 5.21. The maximum absolute atomic E-state index is 5.21. The molecule has 1 fully saturated rings. The minimum atomic E-state index is 0.417. The van der Waals surface area contributed by atoms with Crippen LogP contribution in [0.1, 0.15) is 32.4 Å². The van der Waals surface area contributed by atoms with E-state index >= 15 is 0 Å². The van der Waals surface area contributed by atoms with Crippen LogP contribution in [0.25, 0.3) is 0 Å². The smallest absolute Gasteiger partial charge is 0.211 e. The predicted molar refractivity (Wildman–Crippen MR) is 107 cm³/mol. The number of benzene rings is 1. The van der Waals surface area contributed by atoms with Crippen molar-refractivity contribution in [3.63, 3.8) is 0 Å². The highest BCUT2D eigenvalue weighted by atomic mass is 32.1. The van der Waals surface area contributed by atoms with Crippen LogP contribution in [0.5, 0.6) is 5.75 Å². The Bertz CT molecular complexity index is 931. The molecule has 2 atom stereocenters. The molecule has 3 aliphatic carbocycles. The number of rotatable bonds is 4. The van der Waals surface area contributed by atoms with Crippen LogP contribution in [0.3, 0.4) is 0 Å². The zero-order chi connectivity index (χ0) is 18.3. The molecule has 2 aromatic rings. The first-order valence-corrected chi connectivity index (χ1v) is 9.97. The van der Waals surface area contributed by atoms with Crippen LogP contribution in [0.15, 0.2) is 51.4 Å². The van der Waals surface area contributed by atoms with Gasteiger partial charge in [-0.1, -0.05) is 19.9 Å². The van der Waals surface area contributed by atoms with Crippen molar-refractivity contribution in [1.82, 2.24) is 4.68 Å². The summed E-state index contributed by atoms with van der Waals surface area (Å²) in [6, 6.07) is 7.77. The molecule has 0 amide bonds. The Morgan fingerprint density at radius 1 is 1.27 bits per heavy atom. The van der Waals surface area contributed by atoms with Gasteiger partial charge in [0.1, 0.15) is 5.75 Å². The fraction of sp³-hybridized carbons (Fsp3) is 0.429. The lowest BCUT2D eigenvalue weighted by atomic mass is 9.49. The second kappa shape index (κ2) is 6.54. The van der Waals surface area contributed by atoms with Crippen molar-refractivity contribution in [3.05, 3.63) is 51.8 Å². The molecule has 2 unspecified atom stereocenters. The molecule has 1 heterocycles. The normalized spacial score (nSPS) is 24.5. The third kappa shape index (κ3) is 2.94. The number of allylic oxidation sites excluding steroid dienone is 2. The van der Waals surface area contributed by atoms with Gasteiger partial charge in [0.25, 0.3) is 0 Å². The Kier molecular flexibility index (Phi) is 4.35. The van der Waals surface area contributed by atoms with Gasteiger partial charge in [-0.05, 0) is 66.9 Å². The monoisotopic (exact) mass is 367 g/mol. The fourth-order valence-electron chi connectivity index (χ4n) is 4.04. The molecule has 0 spiro atoms. The fourth-order valence-corrected chi connectivity index (χ4v) is 4.86. The lowest BCUT2D eigenvalue weighted by Crippen LogP contribution is -2.48. The van der Waals surface area contributed by atoms with E-state index in [1.807, 2.05) is 28.9 Å². The minimum absolute atomic E-state index is 0.417. The molecule has 0 saturated heterocycles. The first kappa shape index (κ1) is 17.3. The van der Waals surface area contributed by atoms with Gasteiger partial charge >= 0.3 is 0 Å². The molecule has 1 aromatic carbocycles. The standard InChI is InChI=1S/C21H25N3OS/c1-14-13-26-20(23-17-7-9-18(25-4)10-8-17)24(14)22-12-15-5-6-16-11-19(15)21(16,2)3/h5,7-10,12-13,16,19H,6,11H2,1-4H3. The summed E-state index contributed by atoms with van der Waals surface area (Å²) in [6.45, 7) is 6.85. The van der Waals surface area contributed by atoms with Gasteiger partial charge in [-0.25, -0.2) is 9.67 Å². The number of hydrogen-bond acceptors (Lipinski definition) is 4. The summed E-state index contributed by atoms with van der Waals surface area (Å²) in [5.74, 6) is 2.33. The van der Waals surface area contributed by atoms with Crippen LogP contribution in [0.2, 0.25) is 0 Å². The van der Waals surface area contributed by atoms with Crippen molar-refractivity contribution >= 4 is 23.2 Å². The van der Waals surface area contributed by atoms with Gasteiger partial charge in [0.2, 0.25) is 4.80 Å². The highest BCUT2D eigenvalue weighted by Gasteiger charge is 2.50. The molecule has 5 rings (SSSR count). The van der Waals surface area contributed by atoms with Gasteiger partial charge in [-0.3, -0.25) is 0 Å². The molecule has 136 valence electrons. The first-order valence-electron chi connectivity index (χ1n) is 9.09.